The fourth-order valence-corrected chi connectivity index (χ4v) is 1.87. The molecule has 1 aliphatic rings. The first-order valence-electron chi connectivity index (χ1n) is 7.86. The Morgan fingerprint density at radius 3 is 2.27 bits per heavy atom. The van der Waals surface area contributed by atoms with Crippen LogP contribution in [0, 0.1) is 34.2 Å². The maximum absolute atomic E-state index is 5.75. The van der Waals surface area contributed by atoms with Crippen LogP contribution >= 0.6 is 0 Å². The van der Waals surface area contributed by atoms with Gasteiger partial charge in [-0.15, -0.1) is 18.7 Å². The van der Waals surface area contributed by atoms with E-state index in [1.54, 1.807) is 6.08 Å². The zero-order valence-electron chi connectivity index (χ0n) is 14.8. The summed E-state index contributed by atoms with van der Waals surface area (Å²) >= 11 is 0. The third kappa shape index (κ3) is 6.60. The molecule has 0 aromatic heterocycles. The molecular weight excluding hydrogens is 499 g/mol. The van der Waals surface area contributed by atoms with Crippen LogP contribution in [0.5, 0.6) is 5.75 Å². The van der Waals surface area contributed by atoms with E-state index in [0.29, 0.717) is 6.61 Å². The van der Waals surface area contributed by atoms with E-state index < -0.39 is 0 Å². The maximum atomic E-state index is 5.75. The number of allylic oxidation sites excluding steroid dienone is 4. The summed E-state index contributed by atoms with van der Waals surface area (Å²) in [4.78, 5) is 0. The number of hydrogen-bond donors (Lipinski definition) is 0. The number of fused-ring (bicyclic) bond motifs is 1. The van der Waals surface area contributed by atoms with Crippen LogP contribution in [0.25, 0.3) is 5.57 Å². The van der Waals surface area contributed by atoms with Gasteiger partial charge < -0.3 is 4.74 Å². The molecular formula is C20H29AmO-. The minimum Gasteiger partial charge on any atom is -0.507 e. The van der Waals surface area contributed by atoms with Crippen LogP contribution in [0.4, 0.5) is 0 Å². The Labute approximate surface area is 145 Å². The second kappa shape index (κ2) is 13.3. The van der Waals surface area contributed by atoms with Crippen LogP contribution in [0.15, 0.2) is 36.9 Å². The van der Waals surface area contributed by atoms with Crippen molar-refractivity contribution >= 4 is 5.57 Å². The molecule has 0 fully saturated rings. The first-order chi connectivity index (χ1) is 10.2. The number of ether oxygens (including phenoxy) is 1. The second-order valence-electron chi connectivity index (χ2n) is 4.22. The van der Waals surface area contributed by atoms with Crippen molar-refractivity contribution in [3.8, 4) is 5.75 Å². The minimum absolute atomic E-state index is 0. The fraction of sp³-hybridized carbons (Fsp3) is 0.400. The van der Waals surface area contributed by atoms with Crippen LogP contribution in [0.2, 0.25) is 0 Å². The van der Waals surface area contributed by atoms with E-state index in [4.69, 9.17) is 4.74 Å². The zero-order chi connectivity index (χ0) is 16.3. The van der Waals surface area contributed by atoms with Crippen molar-refractivity contribution in [2.45, 2.75) is 48.0 Å². The first-order valence-corrected chi connectivity index (χ1v) is 7.86. The summed E-state index contributed by atoms with van der Waals surface area (Å²) in [6.45, 7) is 16.6. The predicted octanol–water partition coefficient (Wildman–Crippen LogP) is 6.07. The molecule has 123 valence electrons. The van der Waals surface area contributed by atoms with Crippen molar-refractivity contribution in [3.05, 3.63) is 59.7 Å². The van der Waals surface area contributed by atoms with E-state index >= 15 is 0 Å². The summed E-state index contributed by atoms with van der Waals surface area (Å²) in [5.41, 5.74) is 4.77. The third-order valence-electron chi connectivity index (χ3n) is 2.96. The van der Waals surface area contributed by atoms with Crippen LogP contribution in [-0.4, -0.2) is 6.61 Å². The molecule has 1 aromatic carbocycles. The summed E-state index contributed by atoms with van der Waals surface area (Å²) in [6, 6.07) is 4.28. The Morgan fingerprint density at radius 1 is 1.09 bits per heavy atom. The summed E-state index contributed by atoms with van der Waals surface area (Å²) in [5, 5.41) is 0. The van der Waals surface area contributed by atoms with E-state index in [0.717, 1.165) is 23.3 Å². The van der Waals surface area contributed by atoms with Gasteiger partial charge in [0.2, 0.25) is 0 Å². The number of hydrogen-bond acceptors (Lipinski definition) is 1. The van der Waals surface area contributed by atoms with Crippen LogP contribution < -0.4 is 4.74 Å². The zero-order valence-corrected chi connectivity index (χ0v) is 17.9. The Hall–Kier alpha value is -1.37. The van der Waals surface area contributed by atoms with Gasteiger partial charge in [-0.05, 0) is 31.9 Å². The molecule has 0 N–H and O–H groups in total. The SMILES string of the molecule is C=C/C=C\C1=[C-]CCOc2cc(C)c(C)cc21.CC.CC.[Am]. The molecule has 2 rings (SSSR count). The van der Waals surface area contributed by atoms with Crippen molar-refractivity contribution < 1.29 is 19.0 Å². The second-order valence-corrected chi connectivity index (χ2v) is 4.22. The van der Waals surface area contributed by atoms with E-state index in [-0.39, 0.29) is 14.3 Å². The molecule has 0 aliphatic carbocycles. The molecule has 1 nitrogen and oxygen atoms in total. The monoisotopic (exact) mass is 526 g/mol. The van der Waals surface area contributed by atoms with Gasteiger partial charge in [-0.2, -0.15) is 17.7 Å². The smallest absolute Gasteiger partial charge is 0.0793 e. The first kappa shape index (κ1) is 22.9. The van der Waals surface area contributed by atoms with Crippen LogP contribution in [0.3, 0.4) is 0 Å². The molecule has 1 aliphatic heterocycles. The van der Waals surface area contributed by atoms with Gasteiger partial charge in [0.25, 0.3) is 0 Å². The van der Waals surface area contributed by atoms with E-state index in [1.165, 1.54) is 11.1 Å². The minimum atomic E-state index is 0. The number of benzene rings is 1. The summed E-state index contributed by atoms with van der Waals surface area (Å²) < 4.78 is 5.75. The average Bonchev–Trinajstić information content (AvgIpc) is 2.72. The number of rotatable bonds is 2. The topological polar surface area (TPSA) is 9.23 Å². The van der Waals surface area contributed by atoms with Crippen molar-refractivity contribution in [2.75, 3.05) is 6.61 Å². The Morgan fingerprint density at radius 2 is 1.68 bits per heavy atom. The van der Waals surface area contributed by atoms with Gasteiger partial charge in [-0.25, -0.2) is 0 Å². The molecule has 0 amide bonds. The Bertz CT molecular complexity index is 499. The average molecular weight is 528 g/mol. The molecule has 0 saturated heterocycles. The summed E-state index contributed by atoms with van der Waals surface area (Å²) in [6.07, 6.45) is 9.95. The van der Waals surface area contributed by atoms with Crippen molar-refractivity contribution in [2.24, 2.45) is 0 Å². The van der Waals surface area contributed by atoms with Gasteiger partial charge >= 0.3 is 0 Å². The van der Waals surface area contributed by atoms with Crippen molar-refractivity contribution in [3.63, 3.8) is 0 Å². The molecule has 1 aromatic rings. The molecule has 0 bridgehead atoms. The molecule has 0 saturated carbocycles. The molecule has 22 heavy (non-hydrogen) atoms. The fourth-order valence-electron chi connectivity index (χ4n) is 1.87. The van der Waals surface area contributed by atoms with Gasteiger partial charge in [0.1, 0.15) is 0 Å². The van der Waals surface area contributed by atoms with Gasteiger partial charge in [0, 0.05) is 14.3 Å². The predicted molar refractivity (Wildman–Crippen MR) is 94.7 cm³/mol. The Kier molecular flexibility index (Phi) is 13.8. The molecule has 2 heteroatoms. The van der Waals surface area contributed by atoms with E-state index in [1.807, 2.05) is 39.8 Å². The summed E-state index contributed by atoms with van der Waals surface area (Å²) in [7, 11) is 0. The molecule has 0 spiro atoms. The van der Waals surface area contributed by atoms with Crippen LogP contribution in [0.1, 0.15) is 50.8 Å². The number of aryl methyl sites for hydroxylation is 2. The summed E-state index contributed by atoms with van der Waals surface area (Å²) in [5.74, 6) is 0.960. The van der Waals surface area contributed by atoms with Gasteiger partial charge in [-0.3, -0.25) is 0 Å². The molecule has 0 unspecified atom stereocenters. The van der Waals surface area contributed by atoms with E-state index in [2.05, 4.69) is 38.6 Å². The molecule has 0 atom stereocenters. The van der Waals surface area contributed by atoms with Crippen molar-refractivity contribution in [1.29, 1.82) is 0 Å². The normalized spacial score (nSPS) is 12.0. The van der Waals surface area contributed by atoms with Gasteiger partial charge in [-0.1, -0.05) is 44.9 Å². The molecule has 1 radical (unpaired) electrons. The van der Waals surface area contributed by atoms with Crippen LogP contribution in [-0.2, 0) is 0 Å². The van der Waals surface area contributed by atoms with Gasteiger partial charge in [0.05, 0.1) is 12.4 Å². The maximum Gasteiger partial charge on any atom is 0.0793 e. The quantitative estimate of drug-likeness (QED) is 0.335. The van der Waals surface area contributed by atoms with Crippen molar-refractivity contribution in [1.82, 2.24) is 0 Å². The molecule has 1 heterocycles. The third-order valence-corrected chi connectivity index (χ3v) is 2.96. The Balaban J connectivity index is 0. The standard InChI is InChI=1S/C16H17O.2C2H6.Am/c1-4-5-7-14-8-6-9-17-16-11-13(3)12(2)10-15(14)16;2*1-2;/h4-5,7,10-11H,1,6,9H2,2-3H3;2*1-2H3;/q-1;;;/b7-5-;;;. The van der Waals surface area contributed by atoms with Gasteiger partial charge in [0.15, 0.2) is 0 Å². The van der Waals surface area contributed by atoms with E-state index in [9.17, 15) is 0 Å². The largest absolute Gasteiger partial charge is 0.507 e.